The van der Waals surface area contributed by atoms with E-state index < -0.39 is 0 Å². The van der Waals surface area contributed by atoms with E-state index in [-0.39, 0.29) is 12.5 Å². The summed E-state index contributed by atoms with van der Waals surface area (Å²) in [5.74, 6) is 0.962. The molecule has 0 unspecified atom stereocenters. The molecular weight excluding hydrogens is 300 g/mol. The van der Waals surface area contributed by atoms with Crippen molar-refractivity contribution in [3.63, 3.8) is 0 Å². The number of para-hydroxylation sites is 1. The van der Waals surface area contributed by atoms with Gasteiger partial charge in [-0.1, -0.05) is 18.2 Å². The number of aliphatic hydroxyl groups excluding tert-OH is 1. The molecule has 128 valence electrons. The normalized spacial score (nSPS) is 26.0. The Morgan fingerprint density at radius 2 is 1.92 bits per heavy atom. The summed E-state index contributed by atoms with van der Waals surface area (Å²) in [6, 6.07) is 7.92. The van der Waals surface area contributed by atoms with E-state index in [2.05, 4.69) is 5.32 Å². The second kappa shape index (κ2) is 6.25. The summed E-state index contributed by atoms with van der Waals surface area (Å²) in [6.45, 7) is 1.39. The molecule has 4 heteroatoms. The summed E-state index contributed by atoms with van der Waals surface area (Å²) >= 11 is 0. The Morgan fingerprint density at radius 1 is 1.21 bits per heavy atom. The molecule has 2 N–H and O–H groups in total. The smallest absolute Gasteiger partial charge is 0.253 e. The van der Waals surface area contributed by atoms with Crippen molar-refractivity contribution in [1.82, 2.24) is 9.88 Å². The molecule has 3 fully saturated rings. The number of nitrogens with zero attached hydrogens (tertiary/aromatic N) is 1. The minimum absolute atomic E-state index is 0.0185. The van der Waals surface area contributed by atoms with Crippen molar-refractivity contribution in [2.75, 3.05) is 13.2 Å². The molecule has 3 saturated carbocycles. The lowest BCUT2D eigenvalue weighted by Gasteiger charge is -2.46. The van der Waals surface area contributed by atoms with E-state index in [0.29, 0.717) is 12.0 Å². The van der Waals surface area contributed by atoms with Crippen LogP contribution in [0.2, 0.25) is 0 Å². The molecule has 3 aliphatic carbocycles. The summed E-state index contributed by atoms with van der Waals surface area (Å²) in [4.78, 5) is 12.8. The monoisotopic (exact) mass is 326 g/mol. The summed E-state index contributed by atoms with van der Waals surface area (Å²) in [5, 5.41) is 13.4. The molecule has 3 aliphatic rings. The van der Waals surface area contributed by atoms with Gasteiger partial charge in [0, 0.05) is 30.2 Å². The van der Waals surface area contributed by atoms with Crippen molar-refractivity contribution in [3.05, 3.63) is 36.0 Å². The number of rotatable bonds is 5. The van der Waals surface area contributed by atoms with Gasteiger partial charge in [0.2, 0.25) is 0 Å². The molecule has 0 aliphatic heterocycles. The lowest BCUT2D eigenvalue weighted by Crippen LogP contribution is -2.43. The number of nitrogens with one attached hydrogen (secondary N) is 1. The van der Waals surface area contributed by atoms with Crippen LogP contribution < -0.4 is 5.32 Å². The van der Waals surface area contributed by atoms with E-state index in [4.69, 9.17) is 0 Å². The van der Waals surface area contributed by atoms with Crippen molar-refractivity contribution in [2.24, 2.45) is 11.3 Å². The van der Waals surface area contributed by atoms with Crippen LogP contribution in [-0.2, 0) is 6.54 Å². The van der Waals surface area contributed by atoms with Crippen molar-refractivity contribution in [2.45, 2.75) is 45.1 Å². The molecule has 1 amide bonds. The van der Waals surface area contributed by atoms with Crippen LogP contribution in [0.25, 0.3) is 10.9 Å². The fourth-order valence-corrected chi connectivity index (χ4v) is 4.69. The highest BCUT2D eigenvalue weighted by Crippen LogP contribution is 2.49. The Balaban J connectivity index is 1.53. The van der Waals surface area contributed by atoms with E-state index in [0.717, 1.165) is 28.9 Å². The Hall–Kier alpha value is -1.81. The first kappa shape index (κ1) is 15.7. The first-order chi connectivity index (χ1) is 11.7. The Kier molecular flexibility index (Phi) is 4.09. The van der Waals surface area contributed by atoms with E-state index in [1.54, 1.807) is 0 Å². The molecule has 2 aromatic rings. The van der Waals surface area contributed by atoms with E-state index in [1.807, 2.05) is 35.0 Å². The number of aromatic nitrogens is 1. The largest absolute Gasteiger partial charge is 0.395 e. The van der Waals surface area contributed by atoms with Crippen LogP contribution in [0.5, 0.6) is 0 Å². The second-order valence-electron chi connectivity index (χ2n) is 7.64. The van der Waals surface area contributed by atoms with Crippen LogP contribution in [-0.4, -0.2) is 28.7 Å². The van der Waals surface area contributed by atoms with Gasteiger partial charge in [0.25, 0.3) is 5.91 Å². The number of hydrogen-bond donors (Lipinski definition) is 2. The molecule has 0 radical (unpaired) electrons. The van der Waals surface area contributed by atoms with Gasteiger partial charge in [0.1, 0.15) is 0 Å². The highest BCUT2D eigenvalue weighted by atomic mass is 16.3. The van der Waals surface area contributed by atoms with Crippen LogP contribution in [0.3, 0.4) is 0 Å². The third-order valence-electron chi connectivity index (χ3n) is 6.25. The van der Waals surface area contributed by atoms with Gasteiger partial charge in [-0.25, -0.2) is 0 Å². The number of amides is 1. The Labute approximate surface area is 142 Å². The fraction of sp³-hybridized carbons (Fsp3) is 0.550. The van der Waals surface area contributed by atoms with E-state index >= 15 is 0 Å². The van der Waals surface area contributed by atoms with Crippen LogP contribution in [0.1, 0.15) is 48.9 Å². The Bertz CT molecular complexity index is 727. The van der Waals surface area contributed by atoms with Crippen LogP contribution in [0.4, 0.5) is 0 Å². The number of fused-ring (bicyclic) bond motifs is 4. The average Bonchev–Trinajstić information content (AvgIpc) is 3.01. The van der Waals surface area contributed by atoms with Crippen LogP contribution in [0.15, 0.2) is 30.5 Å². The lowest BCUT2D eigenvalue weighted by atomic mass is 9.61. The van der Waals surface area contributed by atoms with Crippen LogP contribution >= 0.6 is 0 Å². The molecule has 0 saturated heterocycles. The molecule has 5 rings (SSSR count). The molecule has 2 bridgehead atoms. The highest BCUT2D eigenvalue weighted by Gasteiger charge is 2.40. The van der Waals surface area contributed by atoms with Gasteiger partial charge in [-0.05, 0) is 55.9 Å². The minimum Gasteiger partial charge on any atom is -0.395 e. The maximum absolute atomic E-state index is 12.8. The van der Waals surface area contributed by atoms with E-state index in [9.17, 15) is 9.90 Å². The highest BCUT2D eigenvalue weighted by molar-refractivity contribution is 6.07. The number of benzene rings is 1. The van der Waals surface area contributed by atoms with Gasteiger partial charge in [-0.3, -0.25) is 4.79 Å². The summed E-state index contributed by atoms with van der Waals surface area (Å²) in [6.07, 6.45) is 9.70. The topological polar surface area (TPSA) is 54.3 Å². The van der Waals surface area contributed by atoms with Gasteiger partial charge in [0.05, 0.1) is 12.2 Å². The maximum atomic E-state index is 12.8. The van der Waals surface area contributed by atoms with E-state index in [1.165, 1.54) is 38.5 Å². The van der Waals surface area contributed by atoms with Crippen molar-refractivity contribution < 1.29 is 9.90 Å². The van der Waals surface area contributed by atoms with Gasteiger partial charge in [-0.15, -0.1) is 0 Å². The summed E-state index contributed by atoms with van der Waals surface area (Å²) in [5.41, 5.74) is 2.07. The molecule has 0 atom stereocenters. The minimum atomic E-state index is 0.0185. The van der Waals surface area contributed by atoms with Crippen LogP contribution in [0, 0.1) is 11.3 Å². The number of carbonyl (C=O) groups excluding carboxylic acids is 1. The van der Waals surface area contributed by atoms with Gasteiger partial charge in [-0.2, -0.15) is 0 Å². The predicted molar refractivity (Wildman–Crippen MR) is 95.0 cm³/mol. The second-order valence-corrected chi connectivity index (χ2v) is 7.64. The maximum Gasteiger partial charge on any atom is 0.253 e. The molecular formula is C20H26N2O2. The molecule has 1 heterocycles. The molecule has 4 nitrogen and oxygen atoms in total. The van der Waals surface area contributed by atoms with Crippen molar-refractivity contribution in [1.29, 1.82) is 0 Å². The molecule has 1 aromatic heterocycles. The third-order valence-corrected chi connectivity index (χ3v) is 6.25. The zero-order chi connectivity index (χ0) is 16.6. The number of carbonyl (C=O) groups is 1. The van der Waals surface area contributed by atoms with Gasteiger partial charge in [0.15, 0.2) is 0 Å². The predicted octanol–water partition coefficient (Wildman–Crippen LogP) is 3.33. The average molecular weight is 326 g/mol. The Morgan fingerprint density at radius 3 is 2.62 bits per heavy atom. The molecule has 0 spiro atoms. The number of aliphatic hydroxyl groups is 1. The quantitative estimate of drug-likeness (QED) is 0.885. The summed E-state index contributed by atoms with van der Waals surface area (Å²) in [7, 11) is 0. The molecule has 1 aromatic carbocycles. The SMILES string of the molecule is O=C(NCC12CCC(CC1)CC2)c1cn(CCO)c2ccccc12. The zero-order valence-electron chi connectivity index (χ0n) is 14.1. The standard InChI is InChI=1S/C20H26N2O2/c23-12-11-22-13-17(16-3-1-2-4-18(16)22)19(24)21-14-20-8-5-15(6-9-20)7-10-20/h1-4,13,15,23H,5-12,14H2,(H,21,24). The van der Waals surface area contributed by atoms with Crippen molar-refractivity contribution >= 4 is 16.8 Å². The summed E-state index contributed by atoms with van der Waals surface area (Å²) < 4.78 is 1.97. The fourth-order valence-electron chi connectivity index (χ4n) is 4.69. The first-order valence-corrected chi connectivity index (χ1v) is 9.18. The van der Waals surface area contributed by atoms with Gasteiger partial charge < -0.3 is 15.0 Å². The third kappa shape index (κ3) is 2.73. The zero-order valence-corrected chi connectivity index (χ0v) is 14.1. The molecule has 24 heavy (non-hydrogen) atoms. The lowest BCUT2D eigenvalue weighted by molar-refractivity contribution is 0.0598. The van der Waals surface area contributed by atoms with Crippen molar-refractivity contribution in [3.8, 4) is 0 Å². The first-order valence-electron chi connectivity index (χ1n) is 9.18. The van der Waals surface area contributed by atoms with Gasteiger partial charge >= 0.3 is 0 Å². The number of hydrogen-bond acceptors (Lipinski definition) is 2.